The first kappa shape index (κ1) is 30.5. The number of halogens is 3. The highest BCUT2D eigenvalue weighted by molar-refractivity contribution is 5.95. The number of alkyl halides is 3. The van der Waals surface area contributed by atoms with E-state index in [1.807, 2.05) is 0 Å². The molecular formula is C29H39F3N6O3. The number of amides is 2. The van der Waals surface area contributed by atoms with Crippen LogP contribution in [0.5, 0.6) is 5.75 Å². The molecule has 2 amide bonds. The van der Waals surface area contributed by atoms with Gasteiger partial charge in [0.25, 0.3) is 5.91 Å². The molecule has 1 saturated heterocycles. The lowest BCUT2D eigenvalue weighted by Crippen LogP contribution is -2.44. The molecule has 9 nitrogen and oxygen atoms in total. The Morgan fingerprint density at radius 2 is 1.83 bits per heavy atom. The normalized spacial score (nSPS) is 20.3. The van der Waals surface area contributed by atoms with Gasteiger partial charge >= 0.3 is 6.18 Å². The number of aromatic nitrogens is 2. The van der Waals surface area contributed by atoms with Gasteiger partial charge < -0.3 is 25.6 Å². The zero-order valence-electron chi connectivity index (χ0n) is 23.8. The summed E-state index contributed by atoms with van der Waals surface area (Å²) < 4.78 is 47.1. The summed E-state index contributed by atoms with van der Waals surface area (Å²) in [4.78, 5) is 35.1. The molecule has 1 aliphatic heterocycles. The summed E-state index contributed by atoms with van der Waals surface area (Å²) in [6, 6.07) is 4.74. The number of benzene rings is 1. The van der Waals surface area contributed by atoms with Crippen LogP contribution >= 0.6 is 0 Å². The van der Waals surface area contributed by atoms with Gasteiger partial charge in [0, 0.05) is 43.9 Å². The Balaban J connectivity index is 1.51. The van der Waals surface area contributed by atoms with Crippen molar-refractivity contribution in [3.63, 3.8) is 0 Å². The summed E-state index contributed by atoms with van der Waals surface area (Å²) in [5, 5.41) is 8.94. The lowest BCUT2D eigenvalue weighted by atomic mass is 9.81. The quantitative estimate of drug-likeness (QED) is 0.397. The predicted molar refractivity (Wildman–Crippen MR) is 149 cm³/mol. The fourth-order valence-electron chi connectivity index (χ4n) is 5.74. The number of methoxy groups -OCH3 is 1. The Morgan fingerprint density at radius 1 is 1.10 bits per heavy atom. The lowest BCUT2D eigenvalue weighted by molar-refractivity contribution is -0.139. The molecule has 2 aliphatic rings. The average Bonchev–Trinajstić information content (AvgIpc) is 2.94. The molecule has 41 heavy (non-hydrogen) atoms. The second kappa shape index (κ2) is 13.5. The molecule has 0 spiro atoms. The monoisotopic (exact) mass is 576 g/mol. The minimum absolute atomic E-state index is 0.0157. The zero-order chi connectivity index (χ0) is 29.6. The Kier molecular flexibility index (Phi) is 10.1. The number of carbonyl (C=O) groups is 2. The van der Waals surface area contributed by atoms with Crippen LogP contribution in [0.4, 0.5) is 24.8 Å². The first-order valence-corrected chi connectivity index (χ1v) is 14.3. The van der Waals surface area contributed by atoms with E-state index in [1.54, 1.807) is 18.2 Å². The fourth-order valence-corrected chi connectivity index (χ4v) is 5.74. The van der Waals surface area contributed by atoms with Crippen molar-refractivity contribution in [2.75, 3.05) is 32.1 Å². The number of nitrogens with one attached hydrogen (secondary N) is 3. The van der Waals surface area contributed by atoms with Crippen molar-refractivity contribution in [1.82, 2.24) is 25.5 Å². The highest BCUT2D eigenvalue weighted by atomic mass is 19.4. The summed E-state index contributed by atoms with van der Waals surface area (Å²) in [6.07, 6.45) is 1.21. The topological polar surface area (TPSA) is 108 Å². The van der Waals surface area contributed by atoms with Gasteiger partial charge in [0.05, 0.1) is 24.1 Å². The van der Waals surface area contributed by atoms with Gasteiger partial charge in [-0.1, -0.05) is 19.8 Å². The third-order valence-electron chi connectivity index (χ3n) is 8.01. The van der Waals surface area contributed by atoms with E-state index in [2.05, 4.69) is 37.7 Å². The first-order chi connectivity index (χ1) is 19.6. The Bertz CT molecular complexity index is 1220. The molecular weight excluding hydrogens is 537 g/mol. The van der Waals surface area contributed by atoms with Crippen molar-refractivity contribution in [1.29, 1.82) is 0 Å². The van der Waals surface area contributed by atoms with Crippen molar-refractivity contribution in [3.05, 3.63) is 41.2 Å². The van der Waals surface area contributed by atoms with Crippen LogP contribution in [0.15, 0.2) is 24.4 Å². The molecule has 2 heterocycles. The van der Waals surface area contributed by atoms with E-state index in [4.69, 9.17) is 4.74 Å². The van der Waals surface area contributed by atoms with Crippen LogP contribution in [0, 0.1) is 5.92 Å². The Morgan fingerprint density at radius 3 is 2.49 bits per heavy atom. The third kappa shape index (κ3) is 8.08. The second-order valence-electron chi connectivity index (χ2n) is 10.8. The summed E-state index contributed by atoms with van der Waals surface area (Å²) >= 11 is 0. The maximum absolute atomic E-state index is 13.9. The summed E-state index contributed by atoms with van der Waals surface area (Å²) in [5.74, 6) is -0.259. The van der Waals surface area contributed by atoms with E-state index in [9.17, 15) is 22.8 Å². The molecule has 1 aliphatic carbocycles. The van der Waals surface area contributed by atoms with E-state index in [0.717, 1.165) is 57.9 Å². The number of nitrogens with zero attached hydrogens (tertiary/aromatic N) is 3. The second-order valence-corrected chi connectivity index (χ2v) is 10.8. The number of hydrogen-bond acceptors (Lipinski definition) is 7. The third-order valence-corrected chi connectivity index (χ3v) is 8.01. The molecule has 0 radical (unpaired) electrons. The van der Waals surface area contributed by atoms with Crippen LogP contribution in [0.25, 0.3) is 0 Å². The summed E-state index contributed by atoms with van der Waals surface area (Å²) in [5.41, 5.74) is -0.180. The highest BCUT2D eigenvalue weighted by Crippen LogP contribution is 2.36. The number of likely N-dealkylation sites (tertiary alicyclic amines) is 1. The van der Waals surface area contributed by atoms with Gasteiger partial charge in [0.15, 0.2) is 0 Å². The van der Waals surface area contributed by atoms with Crippen molar-refractivity contribution >= 4 is 23.5 Å². The molecule has 1 aromatic carbocycles. The van der Waals surface area contributed by atoms with Gasteiger partial charge in [-0.3, -0.25) is 9.59 Å². The van der Waals surface area contributed by atoms with E-state index in [0.29, 0.717) is 23.4 Å². The molecule has 224 valence electrons. The SMILES string of the molecule is CCN1CCC(NC(=O)c2ccc(Nc3ncc(C(F)(F)F)c(C[C@@H]4CCCC[C@H]4NC(C)=O)n3)c(OC)c2)CC1. The number of hydrogen-bond donors (Lipinski definition) is 3. The van der Waals surface area contributed by atoms with Crippen molar-refractivity contribution in [3.8, 4) is 5.75 Å². The number of carbonyl (C=O) groups excluding carboxylic acids is 2. The van der Waals surface area contributed by atoms with Crippen molar-refractivity contribution in [2.45, 2.75) is 77.1 Å². The van der Waals surface area contributed by atoms with Crippen molar-refractivity contribution in [2.24, 2.45) is 5.92 Å². The van der Waals surface area contributed by atoms with Crippen LogP contribution in [0.1, 0.15) is 74.0 Å². The highest BCUT2D eigenvalue weighted by Gasteiger charge is 2.37. The van der Waals surface area contributed by atoms with Crippen molar-refractivity contribution < 1.29 is 27.5 Å². The van der Waals surface area contributed by atoms with Crippen LogP contribution in [-0.4, -0.2) is 65.5 Å². The minimum atomic E-state index is -4.62. The molecule has 12 heteroatoms. The van der Waals surface area contributed by atoms with Gasteiger partial charge in [-0.15, -0.1) is 0 Å². The van der Waals surface area contributed by atoms with E-state index < -0.39 is 11.7 Å². The Hall–Kier alpha value is -3.41. The molecule has 2 atom stereocenters. The standard InChI is InChI=1S/C29H39F3N6O3/c1-4-38-13-11-21(12-14-38)35-27(40)20-9-10-24(26(16-20)41-3)36-28-33-17-22(29(30,31)32)25(37-28)15-19-7-5-6-8-23(19)34-18(2)39/h9-10,16-17,19,21,23H,4-8,11-15H2,1-3H3,(H,34,39)(H,35,40)(H,33,36,37)/t19-,23+/m0/s1. The molecule has 1 aromatic heterocycles. The number of anilines is 2. The van der Waals surface area contributed by atoms with Gasteiger partial charge in [0.1, 0.15) is 5.75 Å². The summed E-state index contributed by atoms with van der Waals surface area (Å²) in [6.45, 7) is 6.42. The molecule has 1 saturated carbocycles. The maximum atomic E-state index is 13.9. The van der Waals surface area contributed by atoms with Crippen LogP contribution in [0.2, 0.25) is 0 Å². The van der Waals surface area contributed by atoms with Crippen LogP contribution in [0.3, 0.4) is 0 Å². The van der Waals surface area contributed by atoms with Crippen LogP contribution < -0.4 is 20.7 Å². The number of piperidine rings is 1. The van der Waals surface area contributed by atoms with Gasteiger partial charge in [-0.05, 0) is 62.8 Å². The van der Waals surface area contributed by atoms with E-state index >= 15 is 0 Å². The minimum Gasteiger partial charge on any atom is -0.495 e. The van der Waals surface area contributed by atoms with Gasteiger partial charge in [-0.25, -0.2) is 9.97 Å². The smallest absolute Gasteiger partial charge is 0.419 e. The van der Waals surface area contributed by atoms with Crippen LogP contribution in [-0.2, 0) is 17.4 Å². The molecule has 0 bridgehead atoms. The number of rotatable bonds is 9. The molecule has 3 N–H and O–H groups in total. The van der Waals surface area contributed by atoms with E-state index in [-0.39, 0.29) is 47.9 Å². The van der Waals surface area contributed by atoms with Gasteiger partial charge in [-0.2, -0.15) is 13.2 Å². The lowest BCUT2D eigenvalue weighted by Gasteiger charge is -2.32. The molecule has 4 rings (SSSR count). The van der Waals surface area contributed by atoms with E-state index in [1.165, 1.54) is 14.0 Å². The zero-order valence-corrected chi connectivity index (χ0v) is 23.8. The first-order valence-electron chi connectivity index (χ1n) is 14.3. The van der Waals surface area contributed by atoms with Gasteiger partial charge in [0.2, 0.25) is 11.9 Å². The predicted octanol–water partition coefficient (Wildman–Crippen LogP) is 4.70. The molecule has 2 aromatic rings. The number of ether oxygens (including phenoxy) is 1. The average molecular weight is 577 g/mol. The fraction of sp³-hybridized carbons (Fsp3) is 0.586. The molecule has 0 unspecified atom stereocenters. The Labute approximate surface area is 238 Å². The summed E-state index contributed by atoms with van der Waals surface area (Å²) in [7, 11) is 1.45. The maximum Gasteiger partial charge on any atom is 0.419 e. The molecule has 2 fully saturated rings. The largest absolute Gasteiger partial charge is 0.495 e.